The quantitative estimate of drug-likeness (QED) is 0.836. The summed E-state index contributed by atoms with van der Waals surface area (Å²) in [5.41, 5.74) is 2.85. The third-order valence-electron chi connectivity index (χ3n) is 4.10. The fourth-order valence-corrected chi connectivity index (χ4v) is 3.59. The number of hydrogen-bond acceptors (Lipinski definition) is 2. The highest BCUT2D eigenvalue weighted by molar-refractivity contribution is 9.10. The molecule has 19 heavy (non-hydrogen) atoms. The van der Waals surface area contributed by atoms with Crippen molar-refractivity contribution in [2.24, 2.45) is 0 Å². The molecule has 1 heterocycles. The Morgan fingerprint density at radius 2 is 1.84 bits per heavy atom. The predicted octanol–water partition coefficient (Wildman–Crippen LogP) is 4.11. The number of nitrogens with one attached hydrogen (secondary N) is 1. The average molecular weight is 325 g/mol. The van der Waals surface area contributed by atoms with Gasteiger partial charge in [0, 0.05) is 27.8 Å². The van der Waals surface area contributed by atoms with Gasteiger partial charge in [0.05, 0.1) is 0 Å². The molecular weight excluding hydrogens is 300 g/mol. The summed E-state index contributed by atoms with van der Waals surface area (Å²) in [5.74, 6) is 0. The Morgan fingerprint density at radius 3 is 2.47 bits per heavy atom. The third-order valence-corrected chi connectivity index (χ3v) is 4.95. The fourth-order valence-electron chi connectivity index (χ4n) is 3.22. The highest BCUT2D eigenvalue weighted by Crippen LogP contribution is 2.37. The Kier molecular flexibility index (Phi) is 3.99. The maximum Gasteiger partial charge on any atom is 0.0475 e. The van der Waals surface area contributed by atoms with E-state index in [1.807, 2.05) is 0 Å². The van der Waals surface area contributed by atoms with Gasteiger partial charge in [-0.25, -0.2) is 0 Å². The standard InChI is InChI=1S/C16H25BrN2/c1-12-6-7-13(10-14(12)17)19-15(2,3)8-9-18-11-16(19,4)5/h6-7,10,18H,8-9,11H2,1-5H3. The van der Waals surface area contributed by atoms with Crippen LogP contribution in [0.1, 0.15) is 39.7 Å². The van der Waals surface area contributed by atoms with Crippen LogP contribution in [0, 0.1) is 6.92 Å². The summed E-state index contributed by atoms with van der Waals surface area (Å²) in [7, 11) is 0. The Bertz CT molecular complexity index is 448. The van der Waals surface area contributed by atoms with E-state index in [2.05, 4.69) is 79.0 Å². The molecule has 1 fully saturated rings. The van der Waals surface area contributed by atoms with Gasteiger partial charge in [-0.2, -0.15) is 0 Å². The van der Waals surface area contributed by atoms with E-state index in [9.17, 15) is 0 Å². The molecule has 2 nitrogen and oxygen atoms in total. The summed E-state index contributed by atoms with van der Waals surface area (Å²) in [5, 5.41) is 3.57. The lowest BCUT2D eigenvalue weighted by molar-refractivity contribution is 0.357. The largest absolute Gasteiger partial charge is 0.360 e. The minimum absolute atomic E-state index is 0.106. The monoisotopic (exact) mass is 324 g/mol. The molecule has 0 unspecified atom stereocenters. The van der Waals surface area contributed by atoms with Crippen LogP contribution in [0.4, 0.5) is 5.69 Å². The number of halogens is 1. The number of nitrogens with zero attached hydrogens (tertiary/aromatic N) is 1. The maximum absolute atomic E-state index is 3.67. The van der Waals surface area contributed by atoms with Crippen molar-refractivity contribution in [3.63, 3.8) is 0 Å². The lowest BCUT2D eigenvalue weighted by atomic mass is 9.91. The summed E-state index contributed by atoms with van der Waals surface area (Å²) in [6, 6.07) is 6.70. The van der Waals surface area contributed by atoms with E-state index in [0.717, 1.165) is 19.5 Å². The normalized spacial score (nSPS) is 22.1. The van der Waals surface area contributed by atoms with Crippen molar-refractivity contribution in [2.45, 2.75) is 52.1 Å². The molecule has 1 aromatic carbocycles. The van der Waals surface area contributed by atoms with E-state index < -0.39 is 0 Å². The molecule has 1 N–H and O–H groups in total. The summed E-state index contributed by atoms with van der Waals surface area (Å²) in [6.07, 6.45) is 1.15. The van der Waals surface area contributed by atoms with E-state index in [0.29, 0.717) is 0 Å². The predicted molar refractivity (Wildman–Crippen MR) is 87.0 cm³/mol. The van der Waals surface area contributed by atoms with Crippen LogP contribution < -0.4 is 10.2 Å². The van der Waals surface area contributed by atoms with Gasteiger partial charge >= 0.3 is 0 Å². The van der Waals surface area contributed by atoms with Crippen LogP contribution in [0.25, 0.3) is 0 Å². The van der Waals surface area contributed by atoms with Gasteiger partial charge < -0.3 is 10.2 Å². The van der Waals surface area contributed by atoms with Crippen molar-refractivity contribution in [3.05, 3.63) is 28.2 Å². The van der Waals surface area contributed by atoms with Crippen LogP contribution in [0.5, 0.6) is 0 Å². The van der Waals surface area contributed by atoms with Crippen LogP contribution in [0.2, 0.25) is 0 Å². The minimum atomic E-state index is 0.106. The SMILES string of the molecule is Cc1ccc(N2C(C)(C)CCNCC2(C)C)cc1Br. The van der Waals surface area contributed by atoms with Gasteiger partial charge in [-0.1, -0.05) is 22.0 Å². The fraction of sp³-hybridized carbons (Fsp3) is 0.625. The molecule has 1 saturated heterocycles. The van der Waals surface area contributed by atoms with Crippen LogP contribution in [0.3, 0.4) is 0 Å². The van der Waals surface area contributed by atoms with Crippen molar-refractivity contribution in [2.75, 3.05) is 18.0 Å². The molecule has 0 amide bonds. The first-order chi connectivity index (χ1) is 8.74. The number of benzene rings is 1. The van der Waals surface area contributed by atoms with E-state index in [-0.39, 0.29) is 11.1 Å². The second kappa shape index (κ2) is 5.10. The topological polar surface area (TPSA) is 15.3 Å². The zero-order chi connectivity index (χ0) is 14.3. The number of hydrogen-bond donors (Lipinski definition) is 1. The number of rotatable bonds is 1. The minimum Gasteiger partial charge on any atom is -0.360 e. The molecule has 3 heteroatoms. The van der Waals surface area contributed by atoms with Crippen molar-refractivity contribution < 1.29 is 0 Å². The molecule has 0 saturated carbocycles. The Morgan fingerprint density at radius 1 is 1.16 bits per heavy atom. The lowest BCUT2D eigenvalue weighted by Gasteiger charge is -2.49. The molecule has 106 valence electrons. The van der Waals surface area contributed by atoms with Gasteiger partial charge in [0.15, 0.2) is 0 Å². The second-order valence-electron chi connectivity index (χ2n) is 6.82. The zero-order valence-electron chi connectivity index (χ0n) is 12.7. The van der Waals surface area contributed by atoms with Crippen molar-refractivity contribution in [3.8, 4) is 0 Å². The average Bonchev–Trinajstić information content (AvgIpc) is 2.39. The van der Waals surface area contributed by atoms with E-state index in [1.54, 1.807) is 0 Å². The first-order valence-electron chi connectivity index (χ1n) is 7.01. The van der Waals surface area contributed by atoms with Crippen LogP contribution >= 0.6 is 15.9 Å². The van der Waals surface area contributed by atoms with E-state index in [1.165, 1.54) is 15.7 Å². The van der Waals surface area contributed by atoms with E-state index >= 15 is 0 Å². The van der Waals surface area contributed by atoms with Gasteiger partial charge in [-0.05, 0) is 65.3 Å². The Labute approximate surface area is 125 Å². The number of aryl methyl sites for hydroxylation is 1. The third kappa shape index (κ3) is 2.97. The molecule has 2 rings (SSSR count). The summed E-state index contributed by atoms with van der Waals surface area (Å²) in [4.78, 5) is 2.57. The highest BCUT2D eigenvalue weighted by Gasteiger charge is 2.39. The van der Waals surface area contributed by atoms with Crippen molar-refractivity contribution in [1.29, 1.82) is 0 Å². The molecule has 1 aliphatic rings. The van der Waals surface area contributed by atoms with Crippen LogP contribution in [0.15, 0.2) is 22.7 Å². The molecule has 0 aromatic heterocycles. The molecule has 0 spiro atoms. The molecule has 0 atom stereocenters. The smallest absolute Gasteiger partial charge is 0.0475 e. The number of anilines is 1. The molecule has 0 radical (unpaired) electrons. The van der Waals surface area contributed by atoms with Gasteiger partial charge in [0.1, 0.15) is 0 Å². The molecule has 0 bridgehead atoms. The van der Waals surface area contributed by atoms with Crippen LogP contribution in [-0.2, 0) is 0 Å². The first kappa shape index (κ1) is 14.9. The Balaban J connectivity index is 2.49. The van der Waals surface area contributed by atoms with Crippen molar-refractivity contribution >= 4 is 21.6 Å². The Hall–Kier alpha value is -0.540. The molecule has 0 aliphatic carbocycles. The van der Waals surface area contributed by atoms with Gasteiger partial charge in [-0.3, -0.25) is 0 Å². The highest BCUT2D eigenvalue weighted by atomic mass is 79.9. The second-order valence-corrected chi connectivity index (χ2v) is 7.67. The van der Waals surface area contributed by atoms with E-state index in [4.69, 9.17) is 0 Å². The summed E-state index contributed by atoms with van der Waals surface area (Å²) >= 11 is 3.67. The molecular formula is C16H25BrN2. The van der Waals surface area contributed by atoms with Crippen LogP contribution in [-0.4, -0.2) is 24.2 Å². The summed E-state index contributed by atoms with van der Waals surface area (Å²) in [6.45, 7) is 13.6. The summed E-state index contributed by atoms with van der Waals surface area (Å²) < 4.78 is 1.19. The van der Waals surface area contributed by atoms with Crippen molar-refractivity contribution in [1.82, 2.24) is 5.32 Å². The van der Waals surface area contributed by atoms with Gasteiger partial charge in [-0.15, -0.1) is 0 Å². The maximum atomic E-state index is 3.67. The van der Waals surface area contributed by atoms with Gasteiger partial charge in [0.25, 0.3) is 0 Å². The van der Waals surface area contributed by atoms with Gasteiger partial charge in [0.2, 0.25) is 0 Å². The lowest BCUT2D eigenvalue weighted by Crippen LogP contribution is -2.57. The molecule has 1 aromatic rings. The zero-order valence-corrected chi connectivity index (χ0v) is 14.3. The first-order valence-corrected chi connectivity index (χ1v) is 7.81. The molecule has 1 aliphatic heterocycles.